The Morgan fingerprint density at radius 1 is 1.58 bits per heavy atom. The van der Waals surface area contributed by atoms with Gasteiger partial charge in [-0.05, 0) is 5.92 Å². The van der Waals surface area contributed by atoms with Crippen molar-refractivity contribution in [2.24, 2.45) is 11.0 Å². The molecule has 0 aromatic heterocycles. The van der Waals surface area contributed by atoms with Crippen molar-refractivity contribution in [1.29, 1.82) is 0 Å². The molecule has 5 heteroatoms. The molecule has 68 valence electrons. The maximum absolute atomic E-state index is 11.0. The Kier molecular flexibility index (Phi) is 4.72. The topological polar surface area (TPSA) is 67.8 Å². The number of hydrogen-bond donors (Lipinski definition) is 1. The lowest BCUT2D eigenvalue weighted by molar-refractivity contribution is -0.144. The number of rotatable bonds is 4. The molecular formula is C7H12N2O3. The van der Waals surface area contributed by atoms with Crippen LogP contribution < -0.4 is 5.43 Å². The van der Waals surface area contributed by atoms with Crippen molar-refractivity contribution in [3.05, 3.63) is 0 Å². The molecule has 12 heavy (non-hydrogen) atoms. The first-order valence-electron chi connectivity index (χ1n) is 3.53. The normalized spacial score (nSPS) is 11.7. The molecule has 5 nitrogen and oxygen atoms in total. The number of esters is 1. The molecule has 0 amide bonds. The van der Waals surface area contributed by atoms with E-state index in [9.17, 15) is 9.59 Å². The van der Waals surface area contributed by atoms with Gasteiger partial charge in [0.25, 0.3) is 6.08 Å². The molecule has 0 aliphatic heterocycles. The molecule has 1 atom stereocenters. The SMILES string of the molecule is COC(=O)[C@@H](NN=C=O)C(C)C. The summed E-state index contributed by atoms with van der Waals surface area (Å²) >= 11 is 0. The standard InChI is InChI=1S/C7H12N2O3/c1-5(2)6(7(11)12-3)9-8-4-10/h5-6,9H,1-3H3/t6-/m0/s1. The molecule has 0 fully saturated rings. The zero-order valence-electron chi connectivity index (χ0n) is 7.33. The molecule has 0 heterocycles. The van der Waals surface area contributed by atoms with Crippen LogP contribution in [0.5, 0.6) is 0 Å². The number of hydrogen-bond acceptors (Lipinski definition) is 5. The van der Waals surface area contributed by atoms with E-state index in [1.165, 1.54) is 13.2 Å². The minimum Gasteiger partial charge on any atom is -0.467 e. The fourth-order valence-electron chi connectivity index (χ4n) is 0.697. The van der Waals surface area contributed by atoms with Crippen molar-refractivity contribution in [1.82, 2.24) is 5.43 Å². The van der Waals surface area contributed by atoms with Gasteiger partial charge in [0.15, 0.2) is 0 Å². The molecule has 0 radical (unpaired) electrons. The van der Waals surface area contributed by atoms with Crippen LogP contribution in [0.2, 0.25) is 0 Å². The highest BCUT2D eigenvalue weighted by Crippen LogP contribution is 2.02. The van der Waals surface area contributed by atoms with E-state index in [2.05, 4.69) is 15.3 Å². The van der Waals surface area contributed by atoms with Gasteiger partial charge in [0.2, 0.25) is 0 Å². The van der Waals surface area contributed by atoms with E-state index in [4.69, 9.17) is 0 Å². The quantitative estimate of drug-likeness (QED) is 0.281. The Bertz CT molecular complexity index is 197. The molecule has 1 N–H and O–H groups in total. The maximum Gasteiger partial charge on any atom is 0.330 e. The smallest absolute Gasteiger partial charge is 0.330 e. The van der Waals surface area contributed by atoms with E-state index in [0.717, 1.165) is 0 Å². The number of hydrazone groups is 1. The predicted octanol–water partition coefficient (Wildman–Crippen LogP) is 0.0244. The third-order valence-electron chi connectivity index (χ3n) is 1.37. The molecule has 0 bridgehead atoms. The summed E-state index contributed by atoms with van der Waals surface area (Å²) in [6.07, 6.45) is 1.29. The Balaban J connectivity index is 4.22. The maximum atomic E-state index is 11.0. The molecule has 0 saturated heterocycles. The van der Waals surface area contributed by atoms with Gasteiger partial charge in [-0.15, -0.1) is 0 Å². The number of methoxy groups -OCH3 is 1. The second-order valence-corrected chi connectivity index (χ2v) is 2.58. The zero-order chi connectivity index (χ0) is 9.56. The fraction of sp³-hybridized carbons (Fsp3) is 0.714. The van der Waals surface area contributed by atoms with Gasteiger partial charge in [-0.2, -0.15) is 0 Å². The summed E-state index contributed by atoms with van der Waals surface area (Å²) < 4.78 is 4.48. The summed E-state index contributed by atoms with van der Waals surface area (Å²) in [7, 11) is 1.28. The summed E-state index contributed by atoms with van der Waals surface area (Å²) in [4.78, 5) is 20.7. The van der Waals surface area contributed by atoms with Crippen molar-refractivity contribution in [2.75, 3.05) is 7.11 Å². The van der Waals surface area contributed by atoms with E-state index in [1.807, 2.05) is 13.8 Å². The van der Waals surface area contributed by atoms with E-state index in [1.54, 1.807) is 0 Å². The Hall–Kier alpha value is -1.35. The van der Waals surface area contributed by atoms with E-state index >= 15 is 0 Å². The Morgan fingerprint density at radius 3 is 2.50 bits per heavy atom. The minimum absolute atomic E-state index is 0.00884. The number of nitrogens with one attached hydrogen (secondary N) is 1. The number of ether oxygens (including phenoxy) is 1. The first-order valence-corrected chi connectivity index (χ1v) is 3.53. The molecular weight excluding hydrogens is 160 g/mol. The van der Waals surface area contributed by atoms with Gasteiger partial charge in [0, 0.05) is 0 Å². The van der Waals surface area contributed by atoms with Crippen molar-refractivity contribution in [3.63, 3.8) is 0 Å². The summed E-state index contributed by atoms with van der Waals surface area (Å²) in [6, 6.07) is -0.587. The lowest BCUT2D eigenvalue weighted by atomic mass is 10.1. The molecule has 0 aliphatic carbocycles. The number of nitrogens with zero attached hydrogens (tertiary/aromatic N) is 1. The second-order valence-electron chi connectivity index (χ2n) is 2.58. The highest BCUT2D eigenvalue weighted by Gasteiger charge is 2.21. The van der Waals surface area contributed by atoms with Crippen molar-refractivity contribution in [3.8, 4) is 0 Å². The van der Waals surface area contributed by atoms with Gasteiger partial charge in [0.05, 0.1) is 7.11 Å². The van der Waals surface area contributed by atoms with E-state index < -0.39 is 12.0 Å². The zero-order valence-corrected chi connectivity index (χ0v) is 7.33. The summed E-state index contributed by atoms with van der Waals surface area (Å²) in [5.41, 5.74) is 2.35. The van der Waals surface area contributed by atoms with Crippen LogP contribution in [0, 0.1) is 5.92 Å². The minimum atomic E-state index is -0.587. The van der Waals surface area contributed by atoms with Crippen LogP contribution >= 0.6 is 0 Å². The monoisotopic (exact) mass is 172 g/mol. The third kappa shape index (κ3) is 3.16. The van der Waals surface area contributed by atoms with Crippen LogP contribution in [-0.2, 0) is 14.3 Å². The second kappa shape index (κ2) is 5.32. The average Bonchev–Trinajstić information content (AvgIpc) is 2.04. The van der Waals surface area contributed by atoms with Gasteiger partial charge >= 0.3 is 5.97 Å². The third-order valence-corrected chi connectivity index (χ3v) is 1.37. The molecule has 0 spiro atoms. The molecule has 0 unspecified atom stereocenters. The lowest BCUT2D eigenvalue weighted by Gasteiger charge is -2.16. The van der Waals surface area contributed by atoms with Crippen LogP contribution in [0.15, 0.2) is 5.10 Å². The van der Waals surface area contributed by atoms with E-state index in [-0.39, 0.29) is 5.92 Å². The molecule has 0 aliphatic rings. The molecule has 0 saturated carbocycles. The molecule has 0 aromatic carbocycles. The highest BCUT2D eigenvalue weighted by molar-refractivity contribution is 5.75. The number of isocyanates is 1. The first-order chi connectivity index (χ1) is 5.63. The first kappa shape index (κ1) is 10.7. The van der Waals surface area contributed by atoms with Gasteiger partial charge in [-0.3, -0.25) is 5.43 Å². The number of carbonyl (C=O) groups is 1. The molecule has 0 rings (SSSR count). The van der Waals surface area contributed by atoms with Gasteiger partial charge < -0.3 is 4.74 Å². The Labute approximate surface area is 70.8 Å². The van der Waals surface area contributed by atoms with Crippen molar-refractivity contribution >= 4 is 12.0 Å². The Morgan fingerprint density at radius 2 is 2.17 bits per heavy atom. The predicted molar refractivity (Wildman–Crippen MR) is 41.9 cm³/mol. The fourth-order valence-corrected chi connectivity index (χ4v) is 0.697. The van der Waals surface area contributed by atoms with Crippen LogP contribution in [0.4, 0.5) is 0 Å². The molecule has 0 aromatic rings. The van der Waals surface area contributed by atoms with Crippen molar-refractivity contribution < 1.29 is 14.3 Å². The van der Waals surface area contributed by atoms with Crippen molar-refractivity contribution in [2.45, 2.75) is 19.9 Å². The van der Waals surface area contributed by atoms with Gasteiger partial charge in [0.1, 0.15) is 6.04 Å². The lowest BCUT2D eigenvalue weighted by Crippen LogP contribution is -2.38. The number of carbonyl (C=O) groups excluding carboxylic acids is 2. The highest BCUT2D eigenvalue weighted by atomic mass is 16.5. The summed E-state index contributed by atoms with van der Waals surface area (Å²) in [6.45, 7) is 3.63. The largest absolute Gasteiger partial charge is 0.467 e. The average molecular weight is 172 g/mol. The van der Waals surface area contributed by atoms with Crippen LogP contribution in [0.1, 0.15) is 13.8 Å². The summed E-state index contributed by atoms with van der Waals surface area (Å²) in [5.74, 6) is -0.432. The van der Waals surface area contributed by atoms with Crippen LogP contribution in [0.25, 0.3) is 0 Å². The van der Waals surface area contributed by atoms with Crippen LogP contribution in [0.3, 0.4) is 0 Å². The van der Waals surface area contributed by atoms with E-state index in [0.29, 0.717) is 0 Å². The van der Waals surface area contributed by atoms with Gasteiger partial charge in [-0.25, -0.2) is 9.59 Å². The summed E-state index contributed by atoms with van der Waals surface area (Å²) in [5, 5.41) is 3.11. The van der Waals surface area contributed by atoms with Crippen LogP contribution in [-0.4, -0.2) is 25.2 Å². The van der Waals surface area contributed by atoms with Gasteiger partial charge in [-0.1, -0.05) is 18.9 Å².